The lowest BCUT2D eigenvalue weighted by atomic mass is 9.94. The van der Waals surface area contributed by atoms with Gasteiger partial charge in [-0.3, -0.25) is 14.7 Å². The van der Waals surface area contributed by atoms with Crippen molar-refractivity contribution in [1.82, 2.24) is 25.0 Å². The van der Waals surface area contributed by atoms with Crippen molar-refractivity contribution in [2.45, 2.75) is 43.9 Å². The molecule has 0 spiro atoms. The molecule has 0 bridgehead atoms. The zero-order chi connectivity index (χ0) is 28.8. The largest absolute Gasteiger partial charge is 0.480 e. The maximum absolute atomic E-state index is 14.0. The van der Waals surface area contributed by atoms with Crippen LogP contribution in [0.25, 0.3) is 0 Å². The summed E-state index contributed by atoms with van der Waals surface area (Å²) in [6.07, 6.45) is 3.55. The molecule has 3 atom stereocenters. The minimum atomic E-state index is -1.07. The van der Waals surface area contributed by atoms with Gasteiger partial charge in [-0.2, -0.15) is 0 Å². The van der Waals surface area contributed by atoms with E-state index in [1.165, 1.54) is 23.5 Å². The summed E-state index contributed by atoms with van der Waals surface area (Å²) >= 11 is 7.79. The van der Waals surface area contributed by atoms with E-state index in [9.17, 15) is 23.9 Å². The van der Waals surface area contributed by atoms with Crippen LogP contribution in [0.1, 0.15) is 36.4 Å². The summed E-state index contributed by atoms with van der Waals surface area (Å²) in [6.45, 7) is 2.68. The average molecular weight is 603 g/mol. The molecule has 14 heteroatoms. The van der Waals surface area contributed by atoms with Gasteiger partial charge in [0.15, 0.2) is 10.8 Å². The Hall–Kier alpha value is -3.55. The zero-order valence-electron chi connectivity index (χ0n) is 22.1. The van der Waals surface area contributed by atoms with Gasteiger partial charge in [0.25, 0.3) is 0 Å². The number of aliphatic imine (C=N–C) groups is 1. The number of rotatable bonds is 8. The molecular weight excluding hydrogens is 575 g/mol. The first-order chi connectivity index (χ1) is 19.7. The molecule has 2 N–H and O–H groups in total. The molecule has 1 aromatic heterocycles. The van der Waals surface area contributed by atoms with Crippen LogP contribution in [-0.4, -0.2) is 99.5 Å². The van der Waals surface area contributed by atoms with Crippen LogP contribution in [0.15, 0.2) is 46.0 Å². The number of amidine groups is 1. The highest BCUT2D eigenvalue weighted by Crippen LogP contribution is 2.38. The van der Waals surface area contributed by atoms with Crippen molar-refractivity contribution < 1.29 is 28.6 Å². The molecule has 2 aromatic rings. The Morgan fingerprint density at radius 2 is 2.00 bits per heavy atom. The fourth-order valence-corrected chi connectivity index (χ4v) is 6.54. The number of carbonyl (C=O) groups is 3. The molecule has 1 saturated carbocycles. The lowest BCUT2D eigenvalue weighted by Crippen LogP contribution is -2.61. The van der Waals surface area contributed by atoms with Crippen LogP contribution in [0.3, 0.4) is 0 Å². The second kappa shape index (κ2) is 11.0. The van der Waals surface area contributed by atoms with Gasteiger partial charge in [-0.15, -0.1) is 11.3 Å². The number of halogens is 2. The van der Waals surface area contributed by atoms with Crippen LogP contribution in [0.5, 0.6) is 0 Å². The smallest absolute Gasteiger partial charge is 0.338 e. The number of carboxylic acids is 1. The highest BCUT2D eigenvalue weighted by Gasteiger charge is 2.50. The molecule has 2 amide bonds. The molecule has 11 nitrogen and oxygen atoms in total. The van der Waals surface area contributed by atoms with E-state index in [2.05, 4.69) is 10.3 Å². The monoisotopic (exact) mass is 602 g/mol. The lowest BCUT2D eigenvalue weighted by Gasteiger charge is -2.41. The predicted molar refractivity (Wildman–Crippen MR) is 148 cm³/mol. The number of aromatic nitrogens is 1. The second-order valence-electron chi connectivity index (χ2n) is 10.4. The van der Waals surface area contributed by atoms with Gasteiger partial charge < -0.3 is 25.0 Å². The molecule has 4 heterocycles. The molecular formula is C27H28ClFN6O5S. The Morgan fingerprint density at radius 1 is 1.22 bits per heavy atom. The number of esters is 1. The van der Waals surface area contributed by atoms with Crippen molar-refractivity contribution in [1.29, 1.82) is 0 Å². The van der Waals surface area contributed by atoms with E-state index in [-0.39, 0.29) is 48.4 Å². The first-order valence-corrected chi connectivity index (χ1v) is 14.6. The van der Waals surface area contributed by atoms with Gasteiger partial charge in [-0.05, 0) is 31.9 Å². The summed E-state index contributed by atoms with van der Waals surface area (Å²) in [5.41, 5.74) is 0.927. The van der Waals surface area contributed by atoms with Crippen LogP contribution < -0.4 is 5.32 Å². The van der Waals surface area contributed by atoms with Gasteiger partial charge in [-0.1, -0.05) is 17.7 Å². The molecule has 0 radical (unpaired) electrons. The Morgan fingerprint density at radius 3 is 2.66 bits per heavy atom. The number of amides is 2. The van der Waals surface area contributed by atoms with Crippen molar-refractivity contribution in [2.24, 2.45) is 4.99 Å². The number of hydrogen-bond acceptors (Lipinski definition) is 9. The summed E-state index contributed by atoms with van der Waals surface area (Å²) in [5.74, 6) is -1.88. The first kappa shape index (κ1) is 27.6. The van der Waals surface area contributed by atoms with Gasteiger partial charge in [0.2, 0.25) is 0 Å². The summed E-state index contributed by atoms with van der Waals surface area (Å²) in [7, 11) is 0. The van der Waals surface area contributed by atoms with E-state index in [1.54, 1.807) is 28.3 Å². The summed E-state index contributed by atoms with van der Waals surface area (Å²) < 4.78 is 19.4. The normalized spacial score (nSPS) is 24.7. The fraction of sp³-hybridized carbons (Fsp3) is 0.444. The number of urea groups is 1. The molecule has 4 aliphatic rings. The minimum absolute atomic E-state index is 0.0325. The van der Waals surface area contributed by atoms with Gasteiger partial charge >= 0.3 is 18.0 Å². The van der Waals surface area contributed by atoms with E-state index in [4.69, 9.17) is 21.3 Å². The second-order valence-corrected chi connectivity index (χ2v) is 11.7. The van der Waals surface area contributed by atoms with Crippen molar-refractivity contribution >= 4 is 46.7 Å². The van der Waals surface area contributed by atoms with Crippen LogP contribution in [0.2, 0.25) is 5.02 Å². The number of benzene rings is 1. The van der Waals surface area contributed by atoms with E-state index in [0.717, 1.165) is 18.9 Å². The number of thiazole rings is 1. The van der Waals surface area contributed by atoms with Gasteiger partial charge in [-0.25, -0.2) is 19.0 Å². The molecule has 216 valence electrons. The van der Waals surface area contributed by atoms with Crippen molar-refractivity contribution in [3.63, 3.8) is 0 Å². The number of fused-ring (bicyclic) bond motifs is 1. The highest BCUT2D eigenvalue weighted by atomic mass is 35.5. The van der Waals surface area contributed by atoms with Gasteiger partial charge in [0.1, 0.15) is 17.9 Å². The Balaban J connectivity index is 1.40. The van der Waals surface area contributed by atoms with E-state index >= 15 is 0 Å². The van der Waals surface area contributed by atoms with Crippen molar-refractivity contribution in [3.05, 3.63) is 62.5 Å². The van der Waals surface area contributed by atoms with Crippen LogP contribution in [-0.2, 0) is 14.3 Å². The van der Waals surface area contributed by atoms with E-state index in [1.807, 2.05) is 4.90 Å². The predicted octanol–water partition coefficient (Wildman–Crippen LogP) is 2.88. The third-order valence-corrected chi connectivity index (χ3v) is 8.85. The van der Waals surface area contributed by atoms with Crippen molar-refractivity contribution in [3.8, 4) is 0 Å². The number of carboxylic acid groups (broad SMARTS) is 1. The molecule has 1 aromatic carbocycles. The van der Waals surface area contributed by atoms with E-state index < -0.39 is 29.8 Å². The Bertz CT molecular complexity index is 1450. The topological polar surface area (TPSA) is 128 Å². The summed E-state index contributed by atoms with van der Waals surface area (Å²) in [6, 6.07) is 1.85. The highest BCUT2D eigenvalue weighted by molar-refractivity contribution is 7.11. The molecule has 41 heavy (non-hydrogen) atoms. The third-order valence-electron chi connectivity index (χ3n) is 7.74. The Labute approximate surface area is 244 Å². The lowest BCUT2D eigenvalue weighted by molar-refractivity contribution is -0.145. The van der Waals surface area contributed by atoms with Crippen LogP contribution in [0, 0.1) is 5.82 Å². The SMILES string of the molecule is CCOC(=O)C1=C(CN2C[C@H]3CN(C4CC4)C(=O)N3C[C@@H]2C(=O)O)NC(c2nccs2)=N[C@H]1c1ccc(F)cc1Cl. The molecule has 2 saturated heterocycles. The maximum Gasteiger partial charge on any atom is 0.338 e. The average Bonchev–Trinajstić information content (AvgIpc) is 3.52. The number of aliphatic carboxylic acids is 1. The maximum atomic E-state index is 14.0. The van der Waals surface area contributed by atoms with Gasteiger partial charge in [0, 0.05) is 60.1 Å². The van der Waals surface area contributed by atoms with Crippen LogP contribution in [0.4, 0.5) is 9.18 Å². The number of nitrogens with zero attached hydrogens (tertiary/aromatic N) is 5. The Kier molecular flexibility index (Phi) is 7.43. The number of nitrogens with one attached hydrogen (secondary N) is 1. The van der Waals surface area contributed by atoms with E-state index in [0.29, 0.717) is 35.2 Å². The quantitative estimate of drug-likeness (QED) is 0.442. The zero-order valence-corrected chi connectivity index (χ0v) is 23.7. The molecule has 1 aliphatic carbocycles. The number of ether oxygens (including phenoxy) is 1. The first-order valence-electron chi connectivity index (χ1n) is 13.4. The van der Waals surface area contributed by atoms with Crippen molar-refractivity contribution in [2.75, 3.05) is 32.8 Å². The molecule has 3 aliphatic heterocycles. The minimum Gasteiger partial charge on any atom is -0.480 e. The summed E-state index contributed by atoms with van der Waals surface area (Å²) in [4.78, 5) is 53.3. The van der Waals surface area contributed by atoms with Gasteiger partial charge in [0.05, 0.1) is 18.2 Å². The number of carbonyl (C=O) groups excluding carboxylic acids is 2. The fourth-order valence-electron chi connectivity index (χ4n) is 5.68. The van der Waals surface area contributed by atoms with Crippen LogP contribution >= 0.6 is 22.9 Å². The summed E-state index contributed by atoms with van der Waals surface area (Å²) in [5, 5.41) is 15.8. The standard InChI is InChI=1S/C27H28ClFN6O5S/c1-2-40-26(38)21-19(12-33-10-16-11-34(15-4-5-15)27(39)35(16)13-20(33)25(36)37)31-23(24-30-7-8-41-24)32-22(21)17-6-3-14(29)9-18(17)28/h3,6-9,15-16,20,22H,2,4-5,10-13H2,1H3,(H,31,32)(H,36,37)/t16-,20+,22-/m0/s1. The molecule has 0 unspecified atom stereocenters. The number of piperazine rings is 1. The third kappa shape index (κ3) is 5.29. The number of hydrogen-bond donors (Lipinski definition) is 2. The molecule has 3 fully saturated rings. The molecule has 6 rings (SSSR count).